The summed E-state index contributed by atoms with van der Waals surface area (Å²) in [5.41, 5.74) is 3.97. The number of nitrogens with one attached hydrogen (secondary N) is 1. The summed E-state index contributed by atoms with van der Waals surface area (Å²) < 4.78 is 7.42. The van der Waals surface area contributed by atoms with Gasteiger partial charge in [0.1, 0.15) is 5.75 Å². The highest BCUT2D eigenvalue weighted by Gasteiger charge is 2.18. The summed E-state index contributed by atoms with van der Waals surface area (Å²) in [4.78, 5) is 15.1. The first-order chi connectivity index (χ1) is 16.1. The summed E-state index contributed by atoms with van der Waals surface area (Å²) >= 11 is 1.35. The van der Waals surface area contributed by atoms with Crippen LogP contribution in [0.15, 0.2) is 60.3 Å². The van der Waals surface area contributed by atoms with E-state index in [1.807, 2.05) is 41.8 Å². The van der Waals surface area contributed by atoms with Gasteiger partial charge in [0.25, 0.3) is 0 Å². The predicted molar refractivity (Wildman–Crippen MR) is 134 cm³/mol. The lowest BCUT2D eigenvalue weighted by molar-refractivity contribution is -0.113. The van der Waals surface area contributed by atoms with Crippen LogP contribution >= 0.6 is 11.8 Å². The number of benzene rings is 2. The van der Waals surface area contributed by atoms with Gasteiger partial charge in [0.05, 0.1) is 18.4 Å². The molecule has 1 aromatic heterocycles. The van der Waals surface area contributed by atoms with Gasteiger partial charge in [0, 0.05) is 31.0 Å². The average molecular weight is 464 g/mol. The Hall–Kier alpha value is -3.26. The molecule has 2 aromatic carbocycles. The molecule has 0 bridgehead atoms. The van der Waals surface area contributed by atoms with Crippen LogP contribution in [0.3, 0.4) is 0 Å². The third-order valence-electron chi connectivity index (χ3n) is 5.66. The molecule has 0 aliphatic carbocycles. The molecule has 4 rings (SSSR count). The van der Waals surface area contributed by atoms with Crippen LogP contribution in [0.25, 0.3) is 11.4 Å². The van der Waals surface area contributed by atoms with Crippen LogP contribution in [0.4, 0.5) is 11.4 Å². The first-order valence-electron chi connectivity index (χ1n) is 11.1. The lowest BCUT2D eigenvalue weighted by Gasteiger charge is -2.19. The second-order valence-corrected chi connectivity index (χ2v) is 8.88. The third-order valence-corrected chi connectivity index (χ3v) is 6.63. The molecule has 0 spiro atoms. The van der Waals surface area contributed by atoms with E-state index in [0.29, 0.717) is 17.5 Å². The van der Waals surface area contributed by atoms with Crippen LogP contribution in [-0.4, -0.2) is 46.6 Å². The van der Waals surface area contributed by atoms with Gasteiger partial charge in [-0.3, -0.25) is 9.36 Å². The second-order valence-electron chi connectivity index (χ2n) is 7.94. The van der Waals surface area contributed by atoms with Crippen molar-refractivity contribution >= 4 is 29.0 Å². The van der Waals surface area contributed by atoms with Crippen molar-refractivity contribution in [1.29, 1.82) is 0 Å². The highest BCUT2D eigenvalue weighted by molar-refractivity contribution is 7.99. The Morgan fingerprint density at radius 3 is 2.73 bits per heavy atom. The molecule has 3 aromatic rings. The Balaban J connectivity index is 1.44. The number of carbonyl (C=O) groups excluding carboxylic acids is 1. The normalized spacial score (nSPS) is 13.2. The quantitative estimate of drug-likeness (QED) is 0.364. The van der Waals surface area contributed by atoms with Crippen molar-refractivity contribution < 1.29 is 9.53 Å². The summed E-state index contributed by atoms with van der Waals surface area (Å²) in [7, 11) is 1.63. The predicted octanol–water partition coefficient (Wildman–Crippen LogP) is 4.78. The lowest BCUT2D eigenvalue weighted by atomic mass is 10.1. The fourth-order valence-electron chi connectivity index (χ4n) is 3.99. The lowest BCUT2D eigenvalue weighted by Crippen LogP contribution is -2.18. The molecule has 1 amide bonds. The van der Waals surface area contributed by atoms with E-state index in [2.05, 4.69) is 39.1 Å². The van der Waals surface area contributed by atoms with E-state index in [1.165, 1.54) is 30.3 Å². The molecule has 1 fully saturated rings. The summed E-state index contributed by atoms with van der Waals surface area (Å²) in [6, 6.07) is 13.9. The molecule has 33 heavy (non-hydrogen) atoms. The molecule has 0 atom stereocenters. The molecule has 1 N–H and O–H groups in total. The SMILES string of the molecule is C=CCn1c(SCC(=O)Nc2ccc(N3CCCC3)cc2C)nnc1-c1ccccc1OC. The van der Waals surface area contributed by atoms with Gasteiger partial charge in [-0.2, -0.15) is 0 Å². The number of carbonyl (C=O) groups is 1. The number of amides is 1. The number of nitrogens with zero attached hydrogens (tertiary/aromatic N) is 4. The maximum atomic E-state index is 12.7. The van der Waals surface area contributed by atoms with E-state index in [0.717, 1.165) is 35.7 Å². The molecule has 0 saturated carbocycles. The molecule has 0 unspecified atom stereocenters. The Kier molecular flexibility index (Phi) is 7.34. The average Bonchev–Trinajstić information content (AvgIpc) is 3.50. The zero-order chi connectivity index (χ0) is 23.2. The van der Waals surface area contributed by atoms with Gasteiger partial charge in [-0.1, -0.05) is 30.0 Å². The molecule has 1 saturated heterocycles. The van der Waals surface area contributed by atoms with Gasteiger partial charge >= 0.3 is 0 Å². The summed E-state index contributed by atoms with van der Waals surface area (Å²) in [6.07, 6.45) is 4.27. The first kappa shape index (κ1) is 22.9. The zero-order valence-electron chi connectivity index (χ0n) is 19.1. The van der Waals surface area contributed by atoms with Gasteiger partial charge in [0.15, 0.2) is 11.0 Å². The van der Waals surface area contributed by atoms with Gasteiger partial charge in [-0.05, 0) is 55.7 Å². The Morgan fingerprint density at radius 2 is 2.00 bits per heavy atom. The molecule has 0 radical (unpaired) electrons. The van der Waals surface area contributed by atoms with Crippen LogP contribution in [0, 0.1) is 6.92 Å². The van der Waals surface area contributed by atoms with Gasteiger partial charge in [0.2, 0.25) is 5.91 Å². The number of methoxy groups -OCH3 is 1. The van der Waals surface area contributed by atoms with E-state index in [1.54, 1.807) is 13.2 Å². The third kappa shape index (κ3) is 5.22. The van der Waals surface area contributed by atoms with Crippen LogP contribution in [-0.2, 0) is 11.3 Å². The number of thioether (sulfide) groups is 1. The molecule has 1 aliphatic heterocycles. The number of rotatable bonds is 9. The van der Waals surface area contributed by atoms with Crippen LogP contribution in [0.1, 0.15) is 18.4 Å². The summed E-state index contributed by atoms with van der Waals surface area (Å²) in [5, 5.41) is 12.4. The molecule has 172 valence electrons. The maximum Gasteiger partial charge on any atom is 0.234 e. The van der Waals surface area contributed by atoms with Crippen molar-refractivity contribution in [3.63, 3.8) is 0 Å². The molecule has 2 heterocycles. The van der Waals surface area contributed by atoms with Gasteiger partial charge < -0.3 is 15.0 Å². The minimum Gasteiger partial charge on any atom is -0.496 e. The van der Waals surface area contributed by atoms with E-state index in [9.17, 15) is 4.79 Å². The molecular formula is C25H29N5O2S. The second kappa shape index (κ2) is 10.6. The molecule has 8 heteroatoms. The topological polar surface area (TPSA) is 72.3 Å². The van der Waals surface area contributed by atoms with E-state index >= 15 is 0 Å². The fourth-order valence-corrected chi connectivity index (χ4v) is 4.74. The number of aromatic nitrogens is 3. The summed E-state index contributed by atoms with van der Waals surface area (Å²) in [6.45, 7) is 8.61. The van der Waals surface area contributed by atoms with Crippen LogP contribution in [0.5, 0.6) is 5.75 Å². The minimum atomic E-state index is -0.0796. The maximum absolute atomic E-state index is 12.7. The highest BCUT2D eigenvalue weighted by Crippen LogP contribution is 2.31. The molecule has 7 nitrogen and oxygen atoms in total. The van der Waals surface area contributed by atoms with Crippen molar-refractivity contribution in [2.24, 2.45) is 0 Å². The van der Waals surface area contributed by atoms with Crippen molar-refractivity contribution in [1.82, 2.24) is 14.8 Å². The monoisotopic (exact) mass is 463 g/mol. The van der Waals surface area contributed by atoms with E-state index in [-0.39, 0.29) is 11.7 Å². The fraction of sp³-hybridized carbons (Fsp3) is 0.320. The molecular weight excluding hydrogens is 434 g/mol. The number of anilines is 2. The standard InChI is InChI=1S/C25H29N5O2S/c1-4-13-30-24(20-9-5-6-10-22(20)32-3)27-28-25(30)33-17-23(31)26-21-12-11-19(16-18(21)2)29-14-7-8-15-29/h4-6,9-12,16H,1,7-8,13-15,17H2,2-3H3,(H,26,31). The largest absolute Gasteiger partial charge is 0.496 e. The minimum absolute atomic E-state index is 0.0796. The Bertz CT molecular complexity index is 1140. The van der Waals surface area contributed by atoms with Crippen molar-refractivity contribution in [3.05, 3.63) is 60.7 Å². The van der Waals surface area contributed by atoms with E-state index in [4.69, 9.17) is 4.74 Å². The Labute approximate surface area is 198 Å². The number of allylic oxidation sites excluding steroid dienone is 1. The number of para-hydroxylation sites is 1. The summed E-state index contributed by atoms with van der Waals surface area (Å²) in [5.74, 6) is 1.55. The Morgan fingerprint density at radius 1 is 1.21 bits per heavy atom. The van der Waals surface area contributed by atoms with Crippen LogP contribution < -0.4 is 15.0 Å². The number of hydrogen-bond donors (Lipinski definition) is 1. The van der Waals surface area contributed by atoms with Crippen LogP contribution in [0.2, 0.25) is 0 Å². The number of ether oxygens (including phenoxy) is 1. The van der Waals surface area contributed by atoms with E-state index < -0.39 is 0 Å². The molecule has 1 aliphatic rings. The first-order valence-corrected chi connectivity index (χ1v) is 12.0. The number of hydrogen-bond acceptors (Lipinski definition) is 6. The van der Waals surface area contributed by atoms with Gasteiger partial charge in [-0.15, -0.1) is 16.8 Å². The highest BCUT2D eigenvalue weighted by atomic mass is 32.2. The number of aryl methyl sites for hydroxylation is 1. The van der Waals surface area contributed by atoms with Gasteiger partial charge in [-0.25, -0.2) is 0 Å². The van der Waals surface area contributed by atoms with Crippen molar-refractivity contribution in [2.75, 3.05) is 36.2 Å². The van der Waals surface area contributed by atoms with Crippen molar-refractivity contribution in [3.8, 4) is 17.1 Å². The smallest absolute Gasteiger partial charge is 0.234 e. The van der Waals surface area contributed by atoms with Crippen molar-refractivity contribution in [2.45, 2.75) is 31.5 Å². The zero-order valence-corrected chi connectivity index (χ0v) is 19.9.